The largest absolute Gasteiger partial charge is 0.481 e. The zero-order valence-corrected chi connectivity index (χ0v) is 14.3. The molecule has 2 aliphatic rings. The van der Waals surface area contributed by atoms with Gasteiger partial charge in [-0.1, -0.05) is 6.42 Å². The molecule has 0 radical (unpaired) electrons. The van der Waals surface area contributed by atoms with E-state index in [0.29, 0.717) is 11.3 Å². The minimum Gasteiger partial charge on any atom is -0.481 e. The second-order valence-electron chi connectivity index (χ2n) is 7.19. The molecule has 142 valence electrons. The van der Waals surface area contributed by atoms with Gasteiger partial charge in [-0.05, 0) is 42.9 Å². The van der Waals surface area contributed by atoms with Crippen LogP contribution in [0.2, 0.25) is 0 Å². The number of carboxylic acids is 1. The van der Waals surface area contributed by atoms with Gasteiger partial charge in [0.05, 0.1) is 35.4 Å². The van der Waals surface area contributed by atoms with Crippen LogP contribution in [0, 0.1) is 17.2 Å². The third-order valence-corrected chi connectivity index (χ3v) is 5.80. The number of carbonyl (C=O) groups is 1. The van der Waals surface area contributed by atoms with Crippen molar-refractivity contribution in [2.24, 2.45) is 5.92 Å². The van der Waals surface area contributed by atoms with Crippen LogP contribution >= 0.6 is 0 Å². The van der Waals surface area contributed by atoms with E-state index in [2.05, 4.69) is 4.98 Å². The van der Waals surface area contributed by atoms with Crippen molar-refractivity contribution >= 4 is 16.9 Å². The number of aromatic amines is 1. The Hall–Kier alpha value is -2.53. The normalized spacial score (nSPS) is 22.9. The van der Waals surface area contributed by atoms with Crippen molar-refractivity contribution < 1.29 is 27.8 Å². The number of nitriles is 1. The molecule has 8 heteroatoms. The first-order valence-electron chi connectivity index (χ1n) is 8.79. The molecule has 1 atom stereocenters. The molecule has 1 unspecified atom stereocenters. The zero-order chi connectivity index (χ0) is 19.4. The maximum atomic E-state index is 13.6. The average Bonchev–Trinajstić information content (AvgIpc) is 2.92. The van der Waals surface area contributed by atoms with Gasteiger partial charge >= 0.3 is 12.1 Å². The topological polar surface area (TPSA) is 86.1 Å². The Labute approximate surface area is 152 Å². The third-order valence-electron chi connectivity index (χ3n) is 5.80. The first-order chi connectivity index (χ1) is 12.8. The standard InChI is InChI=1S/C19H17F3N2O3/c20-19(21,22)13-5-4-10(9-23)16-15(13)12-6-7-27-18(8-14(25)26,17(12)24-16)11-2-1-3-11/h4-5,11,24H,1-3,6-8H2,(H,25,26). The maximum Gasteiger partial charge on any atom is 0.417 e. The Morgan fingerprint density at radius 3 is 2.70 bits per heavy atom. The summed E-state index contributed by atoms with van der Waals surface area (Å²) in [7, 11) is 0. The van der Waals surface area contributed by atoms with Crippen LogP contribution in [0.25, 0.3) is 10.9 Å². The van der Waals surface area contributed by atoms with E-state index >= 15 is 0 Å². The Morgan fingerprint density at radius 1 is 1.41 bits per heavy atom. The molecule has 0 amide bonds. The number of nitrogens with zero attached hydrogens (tertiary/aromatic N) is 1. The summed E-state index contributed by atoms with van der Waals surface area (Å²) in [5.41, 5.74) is -0.958. The van der Waals surface area contributed by atoms with Crippen LogP contribution in [0.1, 0.15) is 48.1 Å². The lowest BCUT2D eigenvalue weighted by Gasteiger charge is -2.46. The number of benzene rings is 1. The van der Waals surface area contributed by atoms with E-state index in [9.17, 15) is 28.3 Å². The number of rotatable bonds is 3. The molecular weight excluding hydrogens is 361 g/mol. The lowest BCUT2D eigenvalue weighted by molar-refractivity contribution is -0.162. The molecule has 1 aromatic heterocycles. The SMILES string of the molecule is N#Cc1ccc(C(F)(F)F)c2c3c([nH]c12)C(CC(=O)O)(C1CCC1)OCC3. The summed E-state index contributed by atoms with van der Waals surface area (Å²) < 4.78 is 46.8. The molecule has 2 N–H and O–H groups in total. The van der Waals surface area contributed by atoms with Crippen LogP contribution < -0.4 is 0 Å². The molecule has 2 aromatic rings. The minimum absolute atomic E-state index is 0.0334. The van der Waals surface area contributed by atoms with Crippen LogP contribution in [-0.4, -0.2) is 22.7 Å². The summed E-state index contributed by atoms with van der Waals surface area (Å²) in [6, 6.07) is 4.00. The minimum atomic E-state index is -4.58. The molecule has 1 aliphatic carbocycles. The van der Waals surface area contributed by atoms with Gasteiger partial charge in [0.1, 0.15) is 11.7 Å². The van der Waals surface area contributed by atoms with Crippen LogP contribution in [0.5, 0.6) is 0 Å². The van der Waals surface area contributed by atoms with Gasteiger partial charge in [-0.3, -0.25) is 4.79 Å². The van der Waals surface area contributed by atoms with Crippen molar-refractivity contribution in [1.29, 1.82) is 5.26 Å². The summed E-state index contributed by atoms with van der Waals surface area (Å²) in [5, 5.41) is 18.8. The molecular formula is C19H17F3N2O3. The molecule has 0 spiro atoms. The lowest BCUT2D eigenvalue weighted by atomic mass is 9.68. The first kappa shape index (κ1) is 17.9. The third kappa shape index (κ3) is 2.60. The number of ether oxygens (including phenoxy) is 1. The molecule has 0 bridgehead atoms. The molecule has 1 aromatic carbocycles. The van der Waals surface area contributed by atoms with Gasteiger partial charge in [-0.2, -0.15) is 18.4 Å². The van der Waals surface area contributed by atoms with Crippen LogP contribution in [0.4, 0.5) is 13.2 Å². The number of nitrogens with one attached hydrogen (secondary N) is 1. The van der Waals surface area contributed by atoms with Gasteiger partial charge in [-0.25, -0.2) is 0 Å². The maximum absolute atomic E-state index is 13.6. The highest BCUT2D eigenvalue weighted by Gasteiger charge is 2.51. The van der Waals surface area contributed by atoms with Crippen molar-refractivity contribution in [3.63, 3.8) is 0 Å². The van der Waals surface area contributed by atoms with E-state index in [0.717, 1.165) is 31.4 Å². The highest BCUT2D eigenvalue weighted by Crippen LogP contribution is 2.52. The van der Waals surface area contributed by atoms with Crippen molar-refractivity contribution in [2.45, 2.75) is 43.9 Å². The van der Waals surface area contributed by atoms with E-state index in [4.69, 9.17) is 4.74 Å². The molecule has 1 fully saturated rings. The summed E-state index contributed by atoms with van der Waals surface area (Å²) in [5.74, 6) is -1.13. The zero-order valence-electron chi connectivity index (χ0n) is 14.3. The van der Waals surface area contributed by atoms with Crippen molar-refractivity contribution in [3.05, 3.63) is 34.5 Å². The fourth-order valence-corrected chi connectivity index (χ4v) is 4.42. The van der Waals surface area contributed by atoms with Crippen molar-refractivity contribution in [3.8, 4) is 6.07 Å². The number of hydrogen-bond donors (Lipinski definition) is 2. The molecule has 0 saturated heterocycles. The Balaban J connectivity index is 2.04. The number of H-pyrrole nitrogens is 1. The van der Waals surface area contributed by atoms with Gasteiger partial charge < -0.3 is 14.8 Å². The molecule has 1 aliphatic heterocycles. The molecule has 4 rings (SSSR count). The highest BCUT2D eigenvalue weighted by atomic mass is 19.4. The summed E-state index contributed by atoms with van der Waals surface area (Å²) in [6.45, 7) is 0.151. The highest BCUT2D eigenvalue weighted by molar-refractivity contribution is 5.93. The summed E-state index contributed by atoms with van der Waals surface area (Å²) in [6.07, 6.45) is -2.20. The second kappa shape index (κ2) is 5.99. The van der Waals surface area contributed by atoms with E-state index in [1.165, 1.54) is 0 Å². The predicted molar refractivity (Wildman–Crippen MR) is 88.9 cm³/mol. The van der Waals surface area contributed by atoms with E-state index in [1.54, 1.807) is 0 Å². The van der Waals surface area contributed by atoms with E-state index in [-0.39, 0.29) is 41.8 Å². The average molecular weight is 378 g/mol. The molecule has 5 nitrogen and oxygen atoms in total. The number of fused-ring (bicyclic) bond motifs is 3. The summed E-state index contributed by atoms with van der Waals surface area (Å²) in [4.78, 5) is 14.5. The van der Waals surface area contributed by atoms with Crippen LogP contribution in [0.3, 0.4) is 0 Å². The predicted octanol–water partition coefficient (Wildman–Crippen LogP) is 4.10. The van der Waals surface area contributed by atoms with Gasteiger partial charge in [0.25, 0.3) is 0 Å². The monoisotopic (exact) mass is 378 g/mol. The number of carboxylic acid groups (broad SMARTS) is 1. The Morgan fingerprint density at radius 2 is 2.15 bits per heavy atom. The smallest absolute Gasteiger partial charge is 0.417 e. The molecule has 1 saturated carbocycles. The Kier molecular flexibility index (Phi) is 3.96. The summed E-state index contributed by atoms with van der Waals surface area (Å²) >= 11 is 0. The fourth-order valence-electron chi connectivity index (χ4n) is 4.42. The Bertz CT molecular complexity index is 969. The molecule has 27 heavy (non-hydrogen) atoms. The van der Waals surface area contributed by atoms with Gasteiger partial charge in [-0.15, -0.1) is 0 Å². The number of aromatic nitrogens is 1. The fraction of sp³-hybridized carbons (Fsp3) is 0.474. The van der Waals surface area contributed by atoms with Gasteiger partial charge in [0.2, 0.25) is 0 Å². The van der Waals surface area contributed by atoms with Gasteiger partial charge in [0.15, 0.2) is 0 Å². The van der Waals surface area contributed by atoms with Crippen LogP contribution in [0.15, 0.2) is 12.1 Å². The number of aliphatic carboxylic acids is 1. The second-order valence-corrected chi connectivity index (χ2v) is 7.19. The van der Waals surface area contributed by atoms with E-state index < -0.39 is 23.3 Å². The number of alkyl halides is 3. The van der Waals surface area contributed by atoms with Crippen molar-refractivity contribution in [2.75, 3.05) is 6.61 Å². The lowest BCUT2D eigenvalue weighted by Crippen LogP contribution is -2.46. The van der Waals surface area contributed by atoms with E-state index in [1.807, 2.05) is 6.07 Å². The number of halogens is 3. The quantitative estimate of drug-likeness (QED) is 0.842. The first-order valence-corrected chi connectivity index (χ1v) is 8.79. The van der Waals surface area contributed by atoms with Gasteiger partial charge in [0, 0.05) is 5.39 Å². The molecule has 2 heterocycles. The number of hydrogen-bond acceptors (Lipinski definition) is 3. The van der Waals surface area contributed by atoms with Crippen molar-refractivity contribution in [1.82, 2.24) is 4.98 Å². The van der Waals surface area contributed by atoms with Crippen LogP contribution in [-0.2, 0) is 27.7 Å².